The highest BCUT2D eigenvalue weighted by Gasteiger charge is 2.36. The average Bonchev–Trinajstić information content (AvgIpc) is 2.65. The van der Waals surface area contributed by atoms with Crippen molar-refractivity contribution in [2.24, 2.45) is 5.92 Å². The fourth-order valence-corrected chi connectivity index (χ4v) is 4.45. The molecule has 1 heterocycles. The summed E-state index contributed by atoms with van der Waals surface area (Å²) in [6.45, 7) is 14.8. The van der Waals surface area contributed by atoms with E-state index in [2.05, 4.69) is 33.9 Å². The Kier molecular flexibility index (Phi) is 13.1. The number of ether oxygens (including phenoxy) is 1. The van der Waals surface area contributed by atoms with Crippen LogP contribution in [0.1, 0.15) is 124 Å². The van der Waals surface area contributed by atoms with E-state index in [1.54, 1.807) is 0 Å². The van der Waals surface area contributed by atoms with Gasteiger partial charge in [0.2, 0.25) is 0 Å². The van der Waals surface area contributed by atoms with Crippen LogP contribution in [0.25, 0.3) is 0 Å². The van der Waals surface area contributed by atoms with Gasteiger partial charge in [0.1, 0.15) is 0 Å². The Morgan fingerprint density at radius 3 is 1.85 bits per heavy atom. The van der Waals surface area contributed by atoms with Crippen LogP contribution in [0, 0.1) is 5.92 Å². The fraction of sp³-hybridized carbons (Fsp3) is 0.846. The second-order valence-corrected chi connectivity index (χ2v) is 9.20. The average molecular weight is 377 g/mol. The van der Waals surface area contributed by atoms with Crippen molar-refractivity contribution in [3.63, 3.8) is 0 Å². The first kappa shape index (κ1) is 24.5. The summed E-state index contributed by atoms with van der Waals surface area (Å²) in [5.41, 5.74) is 1.16. The molecule has 0 unspecified atom stereocenters. The van der Waals surface area contributed by atoms with E-state index >= 15 is 0 Å². The second kappa shape index (κ2) is 14.4. The predicted molar refractivity (Wildman–Crippen MR) is 121 cm³/mol. The van der Waals surface area contributed by atoms with Crippen molar-refractivity contribution in [1.29, 1.82) is 0 Å². The van der Waals surface area contributed by atoms with Crippen molar-refractivity contribution >= 4 is 0 Å². The topological polar surface area (TPSA) is 9.23 Å². The van der Waals surface area contributed by atoms with Gasteiger partial charge in [0, 0.05) is 5.92 Å². The zero-order valence-corrected chi connectivity index (χ0v) is 18.9. The zero-order valence-electron chi connectivity index (χ0n) is 18.9. The van der Waals surface area contributed by atoms with Crippen molar-refractivity contribution < 1.29 is 4.74 Å². The lowest BCUT2D eigenvalue weighted by molar-refractivity contribution is -0.113. The summed E-state index contributed by atoms with van der Waals surface area (Å²) >= 11 is 0. The van der Waals surface area contributed by atoms with Gasteiger partial charge in [-0.1, -0.05) is 109 Å². The van der Waals surface area contributed by atoms with Gasteiger partial charge in [-0.15, -0.1) is 6.58 Å². The molecule has 0 aromatic carbocycles. The first-order valence-electron chi connectivity index (χ1n) is 12.0. The minimum absolute atomic E-state index is 0.132. The van der Waals surface area contributed by atoms with Gasteiger partial charge in [0.05, 0.1) is 11.7 Å². The predicted octanol–water partition coefficient (Wildman–Crippen LogP) is 8.78. The molecule has 0 radical (unpaired) electrons. The Labute approximate surface area is 171 Å². The van der Waals surface area contributed by atoms with E-state index in [1.807, 2.05) is 6.08 Å². The van der Waals surface area contributed by atoms with Crippen LogP contribution < -0.4 is 0 Å². The Bertz CT molecular complexity index is 399. The monoisotopic (exact) mass is 376 g/mol. The largest absolute Gasteiger partial charge is 0.367 e. The minimum Gasteiger partial charge on any atom is -0.367 e. The smallest absolute Gasteiger partial charge is 0.0836 e. The quantitative estimate of drug-likeness (QED) is 0.193. The van der Waals surface area contributed by atoms with Gasteiger partial charge in [-0.3, -0.25) is 0 Å². The van der Waals surface area contributed by atoms with Crippen molar-refractivity contribution in [3.8, 4) is 0 Å². The summed E-state index contributed by atoms with van der Waals surface area (Å²) in [6, 6.07) is 0. The first-order valence-corrected chi connectivity index (χ1v) is 12.0. The first-order chi connectivity index (χ1) is 13.0. The maximum Gasteiger partial charge on any atom is 0.0836 e. The molecule has 0 aromatic rings. The number of unbranched alkanes of at least 4 members (excludes halogenated alkanes) is 12. The summed E-state index contributed by atoms with van der Waals surface area (Å²) in [5, 5.41) is 0. The fourth-order valence-electron chi connectivity index (χ4n) is 4.45. The third-order valence-electron chi connectivity index (χ3n) is 6.48. The molecule has 1 nitrogen and oxygen atoms in total. The van der Waals surface area contributed by atoms with Crippen molar-refractivity contribution in [3.05, 3.63) is 24.8 Å². The van der Waals surface area contributed by atoms with Gasteiger partial charge in [-0.2, -0.15) is 0 Å². The third-order valence-corrected chi connectivity index (χ3v) is 6.48. The molecule has 0 spiro atoms. The molecule has 1 saturated heterocycles. The summed E-state index contributed by atoms with van der Waals surface area (Å²) in [4.78, 5) is 0. The molecule has 1 fully saturated rings. The van der Waals surface area contributed by atoms with Gasteiger partial charge in [0.25, 0.3) is 0 Å². The van der Waals surface area contributed by atoms with E-state index in [-0.39, 0.29) is 5.60 Å². The highest BCUT2D eigenvalue weighted by Crippen LogP contribution is 2.38. The number of rotatable bonds is 16. The maximum atomic E-state index is 6.43. The van der Waals surface area contributed by atoms with Crippen LogP contribution in [0.3, 0.4) is 0 Å². The molecule has 0 aliphatic carbocycles. The van der Waals surface area contributed by atoms with E-state index in [1.165, 1.54) is 102 Å². The van der Waals surface area contributed by atoms with E-state index in [9.17, 15) is 0 Å². The van der Waals surface area contributed by atoms with Gasteiger partial charge >= 0.3 is 0 Å². The van der Waals surface area contributed by atoms with Gasteiger partial charge in [-0.05, 0) is 33.1 Å². The lowest BCUT2D eigenvalue weighted by Crippen LogP contribution is -2.41. The summed E-state index contributed by atoms with van der Waals surface area (Å²) in [6.07, 6.45) is 24.1. The van der Waals surface area contributed by atoms with Crippen molar-refractivity contribution in [2.45, 2.75) is 135 Å². The second-order valence-electron chi connectivity index (χ2n) is 9.20. The highest BCUT2D eigenvalue weighted by atomic mass is 16.5. The molecule has 3 atom stereocenters. The van der Waals surface area contributed by atoms with Crippen LogP contribution in [-0.2, 0) is 4.74 Å². The van der Waals surface area contributed by atoms with E-state index in [4.69, 9.17) is 4.74 Å². The number of hydrogen-bond acceptors (Lipinski definition) is 1. The normalized spacial score (nSPS) is 25.4. The Hall–Kier alpha value is -0.560. The molecular formula is C26H48O. The van der Waals surface area contributed by atoms with Gasteiger partial charge < -0.3 is 4.74 Å². The third kappa shape index (κ3) is 10.5. The Morgan fingerprint density at radius 1 is 0.926 bits per heavy atom. The van der Waals surface area contributed by atoms with Gasteiger partial charge in [0.15, 0.2) is 0 Å². The molecular weight excluding hydrogens is 328 g/mol. The van der Waals surface area contributed by atoms with Crippen LogP contribution in [0.15, 0.2) is 24.8 Å². The zero-order chi connectivity index (χ0) is 20.0. The Morgan fingerprint density at radius 2 is 1.41 bits per heavy atom. The van der Waals surface area contributed by atoms with E-state index in [0.717, 1.165) is 6.42 Å². The standard InChI is InChI=1S/C26H48O/c1-6-8-9-10-11-12-13-14-15-16-17-18-19-20-25-24(23(3)4)21-22-26(5,7-2)27-25/h7,24-25H,2-3,6,8-22H2,1,4-5H3/t24-,25-,26+/m0/s1. The highest BCUT2D eigenvalue weighted by molar-refractivity contribution is 5.06. The maximum absolute atomic E-state index is 6.43. The molecule has 27 heavy (non-hydrogen) atoms. The van der Waals surface area contributed by atoms with Crippen LogP contribution in [-0.4, -0.2) is 11.7 Å². The van der Waals surface area contributed by atoms with Crippen molar-refractivity contribution in [2.75, 3.05) is 0 Å². The molecule has 1 aliphatic rings. The molecule has 0 amide bonds. The van der Waals surface area contributed by atoms with Crippen LogP contribution >= 0.6 is 0 Å². The van der Waals surface area contributed by atoms with E-state index in [0.29, 0.717) is 12.0 Å². The lowest BCUT2D eigenvalue weighted by Gasteiger charge is -2.42. The Balaban J connectivity index is 2.04. The van der Waals surface area contributed by atoms with Gasteiger partial charge in [-0.25, -0.2) is 0 Å². The molecule has 0 saturated carbocycles. The molecule has 1 rings (SSSR count). The van der Waals surface area contributed by atoms with E-state index < -0.39 is 0 Å². The van der Waals surface area contributed by atoms with Crippen LogP contribution in [0.2, 0.25) is 0 Å². The molecule has 0 bridgehead atoms. The van der Waals surface area contributed by atoms with Crippen molar-refractivity contribution in [1.82, 2.24) is 0 Å². The molecule has 1 heteroatoms. The molecule has 158 valence electrons. The molecule has 0 N–H and O–H groups in total. The van der Waals surface area contributed by atoms with Crippen LogP contribution in [0.4, 0.5) is 0 Å². The summed E-state index contributed by atoms with van der Waals surface area (Å²) in [5.74, 6) is 0.537. The number of hydrogen-bond donors (Lipinski definition) is 0. The summed E-state index contributed by atoms with van der Waals surface area (Å²) < 4.78 is 6.43. The lowest BCUT2D eigenvalue weighted by atomic mass is 9.80. The minimum atomic E-state index is -0.132. The molecule has 0 aromatic heterocycles. The SMILES string of the molecule is C=C[C@]1(C)CC[C@@H](C(=C)C)[C@H](CCCCCCCCCCCCCCC)O1. The van der Waals surface area contributed by atoms with Crippen LogP contribution in [0.5, 0.6) is 0 Å². The molecule has 1 aliphatic heterocycles. The summed E-state index contributed by atoms with van der Waals surface area (Å²) in [7, 11) is 0.